The summed E-state index contributed by atoms with van der Waals surface area (Å²) in [6, 6.07) is 10.8. The molecule has 3 rings (SSSR count). The molecule has 1 fully saturated rings. The van der Waals surface area contributed by atoms with Gasteiger partial charge in [-0.1, -0.05) is 36.1 Å². The van der Waals surface area contributed by atoms with Crippen molar-refractivity contribution in [2.75, 3.05) is 19.1 Å². The van der Waals surface area contributed by atoms with Crippen molar-refractivity contribution in [1.82, 2.24) is 4.90 Å². The van der Waals surface area contributed by atoms with Gasteiger partial charge in [0.25, 0.3) is 11.6 Å². The Morgan fingerprint density at radius 3 is 2.86 bits per heavy atom. The van der Waals surface area contributed by atoms with Crippen LogP contribution in [-0.4, -0.2) is 38.9 Å². The van der Waals surface area contributed by atoms with Gasteiger partial charge in [0.05, 0.1) is 23.6 Å². The maximum Gasteiger partial charge on any atom is 0.271 e. The number of thioether (sulfide) groups is 1. The van der Waals surface area contributed by atoms with Gasteiger partial charge in [0.1, 0.15) is 4.32 Å². The van der Waals surface area contributed by atoms with Crippen LogP contribution in [0.2, 0.25) is 0 Å². The number of aromatic hydroxyl groups is 1. The Hall–Kier alpha value is -3.11. The van der Waals surface area contributed by atoms with Gasteiger partial charge < -0.3 is 15.2 Å². The number of non-ortho nitro benzene ring substituents is 1. The van der Waals surface area contributed by atoms with E-state index < -0.39 is 4.92 Å². The molecular formula is C18H15N3O5S2. The highest BCUT2D eigenvalue weighted by atomic mass is 32.2. The number of nitrogens with zero attached hydrogens (tertiary/aromatic N) is 2. The fraction of sp³-hybridized carbons (Fsp3) is 0.111. The second-order valence-electron chi connectivity index (χ2n) is 5.68. The van der Waals surface area contributed by atoms with E-state index in [4.69, 9.17) is 17.0 Å². The third kappa shape index (κ3) is 4.24. The minimum Gasteiger partial charge on any atom is -0.504 e. The first kappa shape index (κ1) is 19.6. The van der Waals surface area contributed by atoms with Crippen molar-refractivity contribution in [3.05, 3.63) is 63.0 Å². The number of nitro groups is 1. The second-order valence-corrected chi connectivity index (χ2v) is 7.36. The van der Waals surface area contributed by atoms with Crippen LogP contribution >= 0.6 is 24.0 Å². The Bertz CT molecular complexity index is 993. The first-order valence-electron chi connectivity index (χ1n) is 7.99. The molecule has 0 bridgehead atoms. The van der Waals surface area contributed by atoms with Crippen LogP contribution in [0.1, 0.15) is 5.56 Å². The first-order valence-corrected chi connectivity index (χ1v) is 9.22. The molecule has 10 heteroatoms. The van der Waals surface area contributed by atoms with Crippen molar-refractivity contribution in [1.29, 1.82) is 0 Å². The highest BCUT2D eigenvalue weighted by Gasteiger charge is 2.31. The molecule has 0 saturated carbocycles. The maximum atomic E-state index is 12.7. The normalized spacial score (nSPS) is 15.2. The quantitative estimate of drug-likeness (QED) is 0.318. The number of nitrogens with one attached hydrogen (secondary N) is 1. The van der Waals surface area contributed by atoms with E-state index in [9.17, 15) is 20.0 Å². The molecule has 1 aliphatic rings. The topological polar surface area (TPSA) is 105 Å². The highest BCUT2D eigenvalue weighted by molar-refractivity contribution is 8.26. The van der Waals surface area contributed by atoms with Crippen molar-refractivity contribution >= 4 is 51.7 Å². The van der Waals surface area contributed by atoms with Crippen molar-refractivity contribution < 1.29 is 19.6 Å². The van der Waals surface area contributed by atoms with Gasteiger partial charge in [0.15, 0.2) is 11.5 Å². The van der Waals surface area contributed by atoms with Gasteiger partial charge in [-0.3, -0.25) is 19.8 Å². The van der Waals surface area contributed by atoms with Gasteiger partial charge in [-0.2, -0.15) is 0 Å². The smallest absolute Gasteiger partial charge is 0.271 e. The second kappa shape index (κ2) is 8.28. The Morgan fingerprint density at radius 2 is 2.14 bits per heavy atom. The average molecular weight is 417 g/mol. The van der Waals surface area contributed by atoms with Crippen LogP contribution < -0.4 is 10.1 Å². The first-order chi connectivity index (χ1) is 13.4. The molecule has 2 aromatic carbocycles. The van der Waals surface area contributed by atoms with Gasteiger partial charge in [0.2, 0.25) is 0 Å². The van der Waals surface area contributed by atoms with E-state index in [0.717, 1.165) is 11.8 Å². The van der Waals surface area contributed by atoms with Crippen LogP contribution in [0, 0.1) is 10.1 Å². The Balaban J connectivity index is 1.73. The molecule has 0 spiro atoms. The van der Waals surface area contributed by atoms with Gasteiger partial charge in [-0.25, -0.2) is 0 Å². The number of benzene rings is 2. The predicted molar refractivity (Wildman–Crippen MR) is 111 cm³/mol. The molecule has 8 nitrogen and oxygen atoms in total. The number of thiocarbonyl (C=S) groups is 1. The summed E-state index contributed by atoms with van der Waals surface area (Å²) in [6.07, 6.45) is 1.66. The molecule has 2 N–H and O–H groups in total. The zero-order valence-electron chi connectivity index (χ0n) is 14.6. The molecule has 0 unspecified atom stereocenters. The lowest BCUT2D eigenvalue weighted by molar-refractivity contribution is -0.384. The Morgan fingerprint density at radius 1 is 1.36 bits per heavy atom. The summed E-state index contributed by atoms with van der Waals surface area (Å²) < 4.78 is 5.44. The zero-order chi connectivity index (χ0) is 20.3. The third-order valence-corrected chi connectivity index (χ3v) is 5.25. The number of hydrogen-bond donors (Lipinski definition) is 2. The van der Waals surface area contributed by atoms with Crippen molar-refractivity contribution in [2.24, 2.45) is 0 Å². The van der Waals surface area contributed by atoms with Crippen LogP contribution in [-0.2, 0) is 4.79 Å². The van der Waals surface area contributed by atoms with Crippen LogP contribution in [0.25, 0.3) is 6.08 Å². The molecular weight excluding hydrogens is 402 g/mol. The highest BCUT2D eigenvalue weighted by Crippen LogP contribution is 2.34. The fourth-order valence-electron chi connectivity index (χ4n) is 2.47. The van der Waals surface area contributed by atoms with Crippen LogP contribution in [0.15, 0.2) is 47.4 Å². The molecule has 0 radical (unpaired) electrons. The van der Waals surface area contributed by atoms with E-state index >= 15 is 0 Å². The van der Waals surface area contributed by atoms with Gasteiger partial charge in [-0.15, -0.1) is 0 Å². The van der Waals surface area contributed by atoms with Gasteiger partial charge in [0, 0.05) is 17.8 Å². The van der Waals surface area contributed by atoms with Crippen LogP contribution in [0.3, 0.4) is 0 Å². The summed E-state index contributed by atoms with van der Waals surface area (Å²) >= 11 is 6.43. The Kier molecular flexibility index (Phi) is 5.81. The minimum atomic E-state index is -0.487. The number of carbonyl (C=O) groups excluding carboxylic acids is 1. The molecule has 1 heterocycles. The summed E-state index contributed by atoms with van der Waals surface area (Å²) in [4.78, 5) is 24.8. The molecule has 144 valence electrons. The number of phenolic OH excluding ortho intramolecular Hbond substituents is 1. The molecule has 1 amide bonds. The monoisotopic (exact) mass is 417 g/mol. The van der Waals surface area contributed by atoms with Gasteiger partial charge in [-0.05, 0) is 29.8 Å². The van der Waals surface area contributed by atoms with Crippen LogP contribution in [0.4, 0.5) is 11.4 Å². The van der Waals surface area contributed by atoms with E-state index in [1.54, 1.807) is 30.3 Å². The molecule has 1 saturated heterocycles. The standard InChI is InChI=1S/C18H15N3O5S2/c1-26-15-7-11(5-6-14(15)22)8-16-17(23)20(18(27)28-16)10-19-12-3-2-4-13(9-12)21(24)25/h2-9,19,22H,10H2,1H3. The summed E-state index contributed by atoms with van der Waals surface area (Å²) in [6.45, 7) is 0.0854. The minimum absolute atomic E-state index is 0.00773. The lowest BCUT2D eigenvalue weighted by Crippen LogP contribution is -2.33. The molecule has 28 heavy (non-hydrogen) atoms. The van der Waals surface area contributed by atoms with E-state index in [2.05, 4.69) is 5.32 Å². The average Bonchev–Trinajstić information content (AvgIpc) is 2.94. The Labute approximate surface area is 169 Å². The van der Waals surface area contributed by atoms with Crippen molar-refractivity contribution in [2.45, 2.75) is 0 Å². The summed E-state index contributed by atoms with van der Waals surface area (Å²) in [5.41, 5.74) is 1.15. The van der Waals surface area contributed by atoms with E-state index in [-0.39, 0.29) is 24.0 Å². The molecule has 2 aromatic rings. The number of methoxy groups -OCH3 is 1. The largest absolute Gasteiger partial charge is 0.504 e. The number of phenols is 1. The van der Waals surface area contributed by atoms with E-state index in [1.807, 2.05) is 0 Å². The van der Waals surface area contributed by atoms with Gasteiger partial charge >= 0.3 is 0 Å². The van der Waals surface area contributed by atoms with E-state index in [0.29, 0.717) is 26.2 Å². The van der Waals surface area contributed by atoms with E-state index in [1.165, 1.54) is 30.2 Å². The molecule has 0 aliphatic carbocycles. The number of nitro benzene ring substituents is 1. The SMILES string of the molecule is COc1cc(C=C2SC(=S)N(CNc3cccc([N+](=O)[O-])c3)C2=O)ccc1O. The number of ether oxygens (including phenoxy) is 1. The lowest BCUT2D eigenvalue weighted by Gasteiger charge is -2.16. The molecule has 0 atom stereocenters. The number of hydrogen-bond acceptors (Lipinski definition) is 8. The summed E-state index contributed by atoms with van der Waals surface area (Å²) in [7, 11) is 1.44. The lowest BCUT2D eigenvalue weighted by atomic mass is 10.2. The number of carbonyl (C=O) groups is 1. The maximum absolute atomic E-state index is 12.7. The third-order valence-electron chi connectivity index (χ3n) is 3.87. The molecule has 0 aromatic heterocycles. The zero-order valence-corrected chi connectivity index (χ0v) is 16.3. The summed E-state index contributed by atoms with van der Waals surface area (Å²) in [5.74, 6) is 0.0323. The fourth-order valence-corrected chi connectivity index (χ4v) is 3.73. The number of anilines is 1. The summed E-state index contributed by atoms with van der Waals surface area (Å²) in [5, 5.41) is 23.5. The van der Waals surface area contributed by atoms with Crippen molar-refractivity contribution in [3.8, 4) is 11.5 Å². The predicted octanol–water partition coefficient (Wildman–Crippen LogP) is 3.58. The molecule has 1 aliphatic heterocycles. The number of rotatable bonds is 6. The van der Waals surface area contributed by atoms with Crippen LogP contribution in [0.5, 0.6) is 11.5 Å². The van der Waals surface area contributed by atoms with Crippen molar-refractivity contribution in [3.63, 3.8) is 0 Å². The number of amides is 1.